The van der Waals surface area contributed by atoms with Gasteiger partial charge in [-0.2, -0.15) is 0 Å². The van der Waals surface area contributed by atoms with Crippen LogP contribution in [-0.4, -0.2) is 23.3 Å². The molecule has 0 N–H and O–H groups in total. The van der Waals surface area contributed by atoms with Crippen LogP contribution in [-0.2, 0) is 14.7 Å². The zero-order valence-corrected chi connectivity index (χ0v) is 13.5. The Morgan fingerprint density at radius 1 is 1.05 bits per heavy atom. The van der Waals surface area contributed by atoms with Crippen LogP contribution < -0.4 is 5.46 Å². The Morgan fingerprint density at radius 2 is 1.60 bits per heavy atom. The fourth-order valence-electron chi connectivity index (χ4n) is 2.37. The molecule has 2 fully saturated rings. The molecule has 1 aliphatic carbocycles. The van der Waals surface area contributed by atoms with Crippen molar-refractivity contribution in [2.75, 3.05) is 0 Å². The summed E-state index contributed by atoms with van der Waals surface area (Å²) in [6.07, 6.45) is 2.37. The minimum Gasteiger partial charge on any atom is -0.399 e. The van der Waals surface area contributed by atoms with E-state index in [4.69, 9.17) is 20.9 Å². The predicted molar refractivity (Wildman–Crippen MR) is 81.5 cm³/mol. The van der Waals surface area contributed by atoms with Crippen molar-refractivity contribution in [2.45, 2.75) is 64.1 Å². The van der Waals surface area contributed by atoms with Gasteiger partial charge in [-0.25, -0.2) is 4.98 Å². The van der Waals surface area contributed by atoms with Crippen LogP contribution >= 0.6 is 11.6 Å². The van der Waals surface area contributed by atoms with E-state index in [0.29, 0.717) is 5.15 Å². The van der Waals surface area contributed by atoms with Gasteiger partial charge in [0, 0.05) is 16.6 Å². The molecular formula is C15H21BClNO2. The van der Waals surface area contributed by atoms with Gasteiger partial charge < -0.3 is 9.31 Å². The highest BCUT2D eigenvalue weighted by Gasteiger charge is 2.52. The summed E-state index contributed by atoms with van der Waals surface area (Å²) in [5.74, 6) is 0. The van der Waals surface area contributed by atoms with E-state index in [1.54, 1.807) is 0 Å². The van der Waals surface area contributed by atoms with E-state index in [2.05, 4.69) is 18.0 Å². The maximum Gasteiger partial charge on any atom is 0.498 e. The van der Waals surface area contributed by atoms with Gasteiger partial charge in [0.1, 0.15) is 5.15 Å². The Labute approximate surface area is 126 Å². The minimum absolute atomic E-state index is 0.220. The number of halogens is 1. The van der Waals surface area contributed by atoms with Gasteiger partial charge in [0.25, 0.3) is 0 Å². The summed E-state index contributed by atoms with van der Waals surface area (Å²) >= 11 is 6.36. The van der Waals surface area contributed by atoms with E-state index in [0.717, 1.165) is 11.2 Å². The van der Waals surface area contributed by atoms with Gasteiger partial charge in [-0.05, 0) is 46.6 Å². The largest absolute Gasteiger partial charge is 0.498 e. The third kappa shape index (κ3) is 2.18. The summed E-state index contributed by atoms with van der Waals surface area (Å²) in [5, 5.41) is 0.495. The molecule has 2 heterocycles. The van der Waals surface area contributed by atoms with Crippen molar-refractivity contribution in [1.82, 2.24) is 4.98 Å². The Kier molecular flexibility index (Phi) is 3.03. The number of hydrogen-bond acceptors (Lipinski definition) is 3. The van der Waals surface area contributed by atoms with Gasteiger partial charge in [0.05, 0.1) is 11.2 Å². The lowest BCUT2D eigenvalue weighted by atomic mass is 9.80. The van der Waals surface area contributed by atoms with Crippen molar-refractivity contribution in [3.63, 3.8) is 0 Å². The van der Waals surface area contributed by atoms with Gasteiger partial charge in [0.2, 0.25) is 0 Å². The molecule has 1 saturated carbocycles. The summed E-state index contributed by atoms with van der Waals surface area (Å²) in [6.45, 7) is 10.4. The summed E-state index contributed by atoms with van der Waals surface area (Å²) in [7, 11) is -0.443. The molecule has 0 spiro atoms. The predicted octanol–water partition coefficient (Wildman–Crippen LogP) is 3.09. The van der Waals surface area contributed by atoms with Gasteiger partial charge in [-0.3, -0.25) is 0 Å². The molecule has 3 rings (SSSR count). The maximum atomic E-state index is 6.36. The highest BCUT2D eigenvalue weighted by atomic mass is 35.5. The number of aromatic nitrogens is 1. The molecule has 108 valence electrons. The van der Waals surface area contributed by atoms with Crippen LogP contribution in [0.3, 0.4) is 0 Å². The van der Waals surface area contributed by atoms with Crippen molar-refractivity contribution in [1.29, 1.82) is 0 Å². The average molecular weight is 294 g/mol. The van der Waals surface area contributed by atoms with Gasteiger partial charge >= 0.3 is 7.12 Å². The second-order valence-electron chi connectivity index (χ2n) is 7.23. The Morgan fingerprint density at radius 3 is 2.05 bits per heavy atom. The Hall–Kier alpha value is -0.575. The second-order valence-corrected chi connectivity index (χ2v) is 7.58. The number of hydrogen-bond donors (Lipinski definition) is 0. The summed E-state index contributed by atoms with van der Waals surface area (Å²) in [4.78, 5) is 4.55. The standard InChI is InChI=1S/C15H21BClNO2/c1-13(2)14(3,4)20-16(19-13)10-6-7-11(18-12(10)17)15(5)8-9-15/h6-7H,8-9H2,1-5H3. The van der Waals surface area contributed by atoms with Crippen LogP contribution in [0.4, 0.5) is 0 Å². The van der Waals surface area contributed by atoms with Crippen LogP contribution in [0.25, 0.3) is 0 Å². The summed E-state index contributed by atoms with van der Waals surface area (Å²) < 4.78 is 12.1. The molecule has 1 aromatic rings. The summed E-state index contributed by atoms with van der Waals surface area (Å²) in [5.41, 5.74) is 1.39. The van der Waals surface area contributed by atoms with Gasteiger partial charge in [0.15, 0.2) is 0 Å². The lowest BCUT2D eigenvalue weighted by Gasteiger charge is -2.32. The molecule has 0 radical (unpaired) electrons. The van der Waals surface area contributed by atoms with Crippen LogP contribution in [0.15, 0.2) is 12.1 Å². The number of rotatable bonds is 2. The molecule has 3 nitrogen and oxygen atoms in total. The molecule has 0 amide bonds. The topological polar surface area (TPSA) is 31.4 Å². The number of nitrogens with zero attached hydrogens (tertiary/aromatic N) is 1. The second kappa shape index (κ2) is 4.22. The van der Waals surface area contributed by atoms with E-state index in [-0.39, 0.29) is 16.6 Å². The molecule has 0 bridgehead atoms. The molecule has 5 heteroatoms. The fraction of sp³-hybridized carbons (Fsp3) is 0.667. The van der Waals surface area contributed by atoms with Crippen molar-refractivity contribution in [3.05, 3.63) is 23.0 Å². The first-order valence-electron chi connectivity index (χ1n) is 7.17. The van der Waals surface area contributed by atoms with Gasteiger partial charge in [-0.1, -0.05) is 24.6 Å². The molecule has 2 aliphatic rings. The first kappa shape index (κ1) is 14.4. The average Bonchev–Trinajstić information content (AvgIpc) is 3.01. The summed E-state index contributed by atoms with van der Waals surface area (Å²) in [6, 6.07) is 4.05. The highest BCUT2D eigenvalue weighted by Crippen LogP contribution is 2.46. The van der Waals surface area contributed by atoms with Crippen LogP contribution in [0.1, 0.15) is 53.2 Å². The fourth-order valence-corrected chi connectivity index (χ4v) is 2.61. The van der Waals surface area contributed by atoms with E-state index in [1.807, 2.05) is 33.8 Å². The van der Waals surface area contributed by atoms with Gasteiger partial charge in [-0.15, -0.1) is 0 Å². The molecule has 0 unspecified atom stereocenters. The molecule has 1 saturated heterocycles. The normalized spacial score (nSPS) is 25.8. The van der Waals surface area contributed by atoms with E-state index in [1.165, 1.54) is 12.8 Å². The van der Waals surface area contributed by atoms with Crippen LogP contribution in [0.5, 0.6) is 0 Å². The van der Waals surface area contributed by atoms with E-state index in [9.17, 15) is 0 Å². The maximum absolute atomic E-state index is 6.36. The van der Waals surface area contributed by atoms with E-state index < -0.39 is 7.12 Å². The minimum atomic E-state index is -0.443. The third-order valence-electron chi connectivity index (χ3n) is 5.00. The molecular weight excluding hydrogens is 272 g/mol. The smallest absolute Gasteiger partial charge is 0.399 e. The molecule has 0 atom stereocenters. The van der Waals surface area contributed by atoms with Crippen molar-refractivity contribution in [2.24, 2.45) is 0 Å². The van der Waals surface area contributed by atoms with Crippen molar-refractivity contribution >= 4 is 24.2 Å². The van der Waals surface area contributed by atoms with Crippen LogP contribution in [0.2, 0.25) is 5.15 Å². The lowest BCUT2D eigenvalue weighted by Crippen LogP contribution is -2.41. The zero-order valence-electron chi connectivity index (χ0n) is 12.8. The third-order valence-corrected chi connectivity index (χ3v) is 5.31. The molecule has 1 aliphatic heterocycles. The number of pyridine rings is 1. The molecule has 0 aromatic carbocycles. The highest BCUT2D eigenvalue weighted by molar-refractivity contribution is 6.65. The van der Waals surface area contributed by atoms with Crippen LogP contribution in [0, 0.1) is 0 Å². The molecule has 20 heavy (non-hydrogen) atoms. The molecule has 1 aromatic heterocycles. The lowest BCUT2D eigenvalue weighted by molar-refractivity contribution is 0.00578. The monoisotopic (exact) mass is 293 g/mol. The first-order valence-corrected chi connectivity index (χ1v) is 7.55. The zero-order chi connectivity index (χ0) is 14.8. The van der Waals surface area contributed by atoms with Crippen molar-refractivity contribution in [3.8, 4) is 0 Å². The quantitative estimate of drug-likeness (QED) is 0.620. The first-order chi connectivity index (χ1) is 9.15. The van der Waals surface area contributed by atoms with Crippen molar-refractivity contribution < 1.29 is 9.31 Å². The Bertz CT molecular complexity index is 539. The van der Waals surface area contributed by atoms with E-state index >= 15 is 0 Å². The SMILES string of the molecule is CC1(c2ccc(B3OC(C)(C)C(C)(C)O3)c(Cl)n2)CC1. The Balaban J connectivity index is 1.89.